The maximum atomic E-state index is 13.2. The van der Waals surface area contributed by atoms with Crippen LogP contribution in [-0.2, 0) is 16.6 Å². The summed E-state index contributed by atoms with van der Waals surface area (Å²) in [5.74, 6) is 0. The van der Waals surface area contributed by atoms with Crippen LogP contribution in [0.3, 0.4) is 0 Å². The Balaban J connectivity index is 1.76. The standard InChI is InChI=1S/C22H20N2O2S/c1-17-11-13-19(14-12-17)27(25,26)24-16-21(20-9-5-6-10-22(20)24)23-15-18-7-3-2-4-8-18/h2-14,16,23H,15H2,1H3. The summed E-state index contributed by atoms with van der Waals surface area (Å²) in [5, 5.41) is 4.25. The van der Waals surface area contributed by atoms with Crippen LogP contribution in [0.5, 0.6) is 0 Å². The predicted molar refractivity (Wildman–Crippen MR) is 109 cm³/mol. The van der Waals surface area contributed by atoms with Gasteiger partial charge >= 0.3 is 0 Å². The second kappa shape index (κ2) is 6.93. The fourth-order valence-corrected chi connectivity index (χ4v) is 4.48. The van der Waals surface area contributed by atoms with Gasteiger partial charge in [-0.25, -0.2) is 12.4 Å². The first-order valence-electron chi connectivity index (χ1n) is 8.76. The summed E-state index contributed by atoms with van der Waals surface area (Å²) < 4.78 is 27.7. The number of anilines is 1. The van der Waals surface area contributed by atoms with Crippen LogP contribution in [0.25, 0.3) is 10.9 Å². The van der Waals surface area contributed by atoms with Crippen molar-refractivity contribution in [3.8, 4) is 0 Å². The molecule has 1 heterocycles. The van der Waals surface area contributed by atoms with Gasteiger partial charge in [0.15, 0.2) is 0 Å². The van der Waals surface area contributed by atoms with Crippen LogP contribution in [0.2, 0.25) is 0 Å². The van der Waals surface area contributed by atoms with E-state index in [9.17, 15) is 8.42 Å². The summed E-state index contributed by atoms with van der Waals surface area (Å²) in [5.41, 5.74) is 3.62. The van der Waals surface area contributed by atoms with Crippen molar-refractivity contribution in [3.63, 3.8) is 0 Å². The molecular weight excluding hydrogens is 356 g/mol. The Morgan fingerprint density at radius 3 is 2.26 bits per heavy atom. The van der Waals surface area contributed by atoms with E-state index in [2.05, 4.69) is 5.32 Å². The van der Waals surface area contributed by atoms with Crippen molar-refractivity contribution in [1.82, 2.24) is 3.97 Å². The van der Waals surface area contributed by atoms with Gasteiger partial charge in [0.1, 0.15) is 0 Å². The summed E-state index contributed by atoms with van der Waals surface area (Å²) in [4.78, 5) is 0.281. The van der Waals surface area contributed by atoms with Gasteiger partial charge in [0, 0.05) is 18.1 Å². The highest BCUT2D eigenvalue weighted by Crippen LogP contribution is 2.29. The molecular formula is C22H20N2O2S. The van der Waals surface area contributed by atoms with E-state index in [4.69, 9.17) is 0 Å². The average molecular weight is 376 g/mol. The lowest BCUT2D eigenvalue weighted by molar-refractivity contribution is 0.589. The Kier molecular flexibility index (Phi) is 4.46. The molecule has 0 amide bonds. The lowest BCUT2D eigenvalue weighted by Gasteiger charge is -2.07. The van der Waals surface area contributed by atoms with E-state index in [-0.39, 0.29) is 4.90 Å². The molecule has 27 heavy (non-hydrogen) atoms. The minimum Gasteiger partial charge on any atom is -0.379 e. The molecule has 0 saturated heterocycles. The third-order valence-corrected chi connectivity index (χ3v) is 6.27. The third-order valence-electron chi connectivity index (χ3n) is 4.58. The molecule has 0 bridgehead atoms. The van der Waals surface area contributed by atoms with Crippen molar-refractivity contribution < 1.29 is 8.42 Å². The largest absolute Gasteiger partial charge is 0.379 e. The Bertz CT molecular complexity index is 1180. The van der Waals surface area contributed by atoms with E-state index in [1.807, 2.05) is 73.7 Å². The fraction of sp³-hybridized carbons (Fsp3) is 0.0909. The highest BCUT2D eigenvalue weighted by molar-refractivity contribution is 7.90. The summed E-state index contributed by atoms with van der Waals surface area (Å²) >= 11 is 0. The van der Waals surface area contributed by atoms with Crippen molar-refractivity contribution in [2.75, 3.05) is 5.32 Å². The first kappa shape index (κ1) is 17.4. The number of hydrogen-bond donors (Lipinski definition) is 1. The van der Waals surface area contributed by atoms with Gasteiger partial charge in [-0.15, -0.1) is 0 Å². The first-order valence-corrected chi connectivity index (χ1v) is 10.2. The van der Waals surface area contributed by atoms with Crippen LogP contribution >= 0.6 is 0 Å². The summed E-state index contributed by atoms with van der Waals surface area (Å²) in [6.07, 6.45) is 1.67. The number of para-hydroxylation sites is 1. The van der Waals surface area contributed by atoms with E-state index in [1.54, 1.807) is 18.3 Å². The Morgan fingerprint density at radius 1 is 0.852 bits per heavy atom. The number of aromatic nitrogens is 1. The molecule has 0 unspecified atom stereocenters. The molecule has 0 saturated carbocycles. The molecule has 0 aliphatic heterocycles. The lowest BCUT2D eigenvalue weighted by atomic mass is 10.2. The molecule has 5 heteroatoms. The third kappa shape index (κ3) is 3.34. The number of aryl methyl sites for hydroxylation is 1. The van der Waals surface area contributed by atoms with Crippen LogP contribution in [0.4, 0.5) is 5.69 Å². The van der Waals surface area contributed by atoms with E-state index in [0.29, 0.717) is 12.1 Å². The molecule has 0 radical (unpaired) electrons. The zero-order valence-corrected chi connectivity index (χ0v) is 15.8. The van der Waals surface area contributed by atoms with Crippen LogP contribution in [0.1, 0.15) is 11.1 Å². The molecule has 0 spiro atoms. The number of nitrogens with zero attached hydrogens (tertiary/aromatic N) is 1. The van der Waals surface area contributed by atoms with Crippen LogP contribution in [0.15, 0.2) is 90.0 Å². The van der Waals surface area contributed by atoms with E-state index >= 15 is 0 Å². The molecule has 4 aromatic rings. The summed E-state index contributed by atoms with van der Waals surface area (Å²) in [6.45, 7) is 2.56. The van der Waals surface area contributed by atoms with Gasteiger partial charge in [-0.2, -0.15) is 0 Å². The van der Waals surface area contributed by atoms with E-state index in [1.165, 1.54) is 3.97 Å². The molecule has 4 nitrogen and oxygen atoms in total. The van der Waals surface area contributed by atoms with Crippen molar-refractivity contribution in [1.29, 1.82) is 0 Å². The number of nitrogens with one attached hydrogen (secondary N) is 1. The molecule has 0 fully saturated rings. The minimum atomic E-state index is -3.67. The van der Waals surface area contributed by atoms with Crippen LogP contribution in [-0.4, -0.2) is 12.4 Å². The zero-order chi connectivity index (χ0) is 18.9. The molecule has 0 aliphatic carbocycles. The number of fused-ring (bicyclic) bond motifs is 1. The second-order valence-corrected chi connectivity index (χ2v) is 8.33. The summed E-state index contributed by atoms with van der Waals surface area (Å²) in [6, 6.07) is 24.5. The van der Waals surface area contributed by atoms with Crippen molar-refractivity contribution in [3.05, 3.63) is 96.2 Å². The van der Waals surface area contributed by atoms with Gasteiger partial charge in [-0.1, -0.05) is 66.2 Å². The number of rotatable bonds is 5. The Morgan fingerprint density at radius 2 is 1.52 bits per heavy atom. The molecule has 4 rings (SSSR count). The second-order valence-electron chi connectivity index (χ2n) is 6.51. The monoisotopic (exact) mass is 376 g/mol. The molecule has 1 aromatic heterocycles. The van der Waals surface area contributed by atoms with Gasteiger partial charge in [0.2, 0.25) is 0 Å². The maximum Gasteiger partial charge on any atom is 0.268 e. The van der Waals surface area contributed by atoms with Crippen LogP contribution in [0, 0.1) is 6.92 Å². The van der Waals surface area contributed by atoms with Gasteiger partial charge in [0.25, 0.3) is 10.0 Å². The number of hydrogen-bond acceptors (Lipinski definition) is 3. The number of benzene rings is 3. The molecule has 3 aromatic carbocycles. The van der Waals surface area contributed by atoms with Gasteiger partial charge in [0.05, 0.1) is 16.1 Å². The predicted octanol–water partition coefficient (Wildman–Crippen LogP) is 4.80. The molecule has 0 atom stereocenters. The first-order chi connectivity index (χ1) is 13.1. The van der Waals surface area contributed by atoms with E-state index < -0.39 is 10.0 Å². The van der Waals surface area contributed by atoms with Gasteiger partial charge < -0.3 is 5.32 Å². The molecule has 1 N–H and O–H groups in total. The average Bonchev–Trinajstić information content (AvgIpc) is 3.07. The van der Waals surface area contributed by atoms with Gasteiger partial charge in [-0.3, -0.25) is 0 Å². The van der Waals surface area contributed by atoms with Gasteiger partial charge in [-0.05, 0) is 30.7 Å². The quantitative estimate of drug-likeness (QED) is 0.544. The van der Waals surface area contributed by atoms with Crippen LogP contribution < -0.4 is 5.32 Å². The normalized spacial score (nSPS) is 11.6. The Labute approximate surface area is 159 Å². The maximum absolute atomic E-state index is 13.2. The Hall–Kier alpha value is -3.05. The highest BCUT2D eigenvalue weighted by Gasteiger charge is 2.21. The SMILES string of the molecule is Cc1ccc(S(=O)(=O)n2cc(NCc3ccccc3)c3ccccc32)cc1. The highest BCUT2D eigenvalue weighted by atomic mass is 32.2. The molecule has 136 valence electrons. The van der Waals surface area contributed by atoms with E-state index in [0.717, 1.165) is 22.2 Å². The van der Waals surface area contributed by atoms with Crippen molar-refractivity contribution in [2.45, 2.75) is 18.4 Å². The lowest BCUT2D eigenvalue weighted by Crippen LogP contribution is -2.11. The van der Waals surface area contributed by atoms with Crippen molar-refractivity contribution >= 4 is 26.6 Å². The summed E-state index contributed by atoms with van der Waals surface area (Å²) in [7, 11) is -3.67. The minimum absolute atomic E-state index is 0.281. The fourth-order valence-electron chi connectivity index (χ4n) is 3.11. The molecule has 0 aliphatic rings. The smallest absolute Gasteiger partial charge is 0.268 e. The topological polar surface area (TPSA) is 51.1 Å². The zero-order valence-electron chi connectivity index (χ0n) is 15.0. The van der Waals surface area contributed by atoms with Crippen molar-refractivity contribution in [2.24, 2.45) is 0 Å².